The van der Waals surface area contributed by atoms with E-state index in [2.05, 4.69) is 22.3 Å². The van der Waals surface area contributed by atoms with E-state index in [-0.39, 0.29) is 0 Å². The molecule has 3 aromatic rings. The van der Waals surface area contributed by atoms with Gasteiger partial charge in [0, 0.05) is 24.8 Å². The minimum atomic E-state index is 0.592. The number of methoxy groups -OCH3 is 4. The highest BCUT2D eigenvalue weighted by Gasteiger charge is 2.15. The largest absolute Gasteiger partial charge is 0.493 e. The molecule has 3 aromatic carbocycles. The molecular weight excluding hydrogens is 424 g/mol. The van der Waals surface area contributed by atoms with Gasteiger partial charge in [-0.2, -0.15) is 0 Å². The van der Waals surface area contributed by atoms with Gasteiger partial charge < -0.3 is 29.2 Å². The first kappa shape index (κ1) is 23.2. The zero-order valence-corrected chi connectivity index (χ0v) is 19.6. The second-order valence-corrected chi connectivity index (χ2v) is 7.42. The first-order chi connectivity index (χ1) is 15.6. The van der Waals surface area contributed by atoms with Crippen molar-refractivity contribution in [2.45, 2.75) is 13.1 Å². The van der Waals surface area contributed by atoms with Gasteiger partial charge in [-0.1, -0.05) is 36.4 Å². The minimum Gasteiger partial charge on any atom is -0.493 e. The Hall–Kier alpha value is -3.45. The van der Waals surface area contributed by atoms with Crippen molar-refractivity contribution in [3.63, 3.8) is 0 Å². The summed E-state index contributed by atoms with van der Waals surface area (Å²) in [5.41, 5.74) is 3.03. The molecule has 0 heterocycles. The van der Waals surface area contributed by atoms with Crippen LogP contribution in [0.1, 0.15) is 11.1 Å². The number of benzene rings is 3. The van der Waals surface area contributed by atoms with E-state index < -0.39 is 0 Å². The molecule has 0 saturated carbocycles. The van der Waals surface area contributed by atoms with E-state index in [0.717, 1.165) is 16.8 Å². The van der Waals surface area contributed by atoms with E-state index in [9.17, 15) is 0 Å². The lowest BCUT2D eigenvalue weighted by Gasteiger charge is -2.27. The zero-order chi connectivity index (χ0) is 22.9. The van der Waals surface area contributed by atoms with Crippen LogP contribution in [0.4, 0.5) is 5.69 Å². The molecule has 0 fully saturated rings. The van der Waals surface area contributed by atoms with E-state index >= 15 is 0 Å². The second kappa shape index (κ2) is 11.2. The van der Waals surface area contributed by atoms with Crippen molar-refractivity contribution in [2.75, 3.05) is 33.8 Å². The van der Waals surface area contributed by atoms with Gasteiger partial charge in [0.25, 0.3) is 0 Å². The van der Waals surface area contributed by atoms with Crippen LogP contribution in [0, 0.1) is 0 Å². The number of rotatable bonds is 9. The lowest BCUT2D eigenvalue weighted by atomic mass is 10.1. The average Bonchev–Trinajstić information content (AvgIpc) is 2.84. The quantitative estimate of drug-likeness (QED) is 0.452. The van der Waals surface area contributed by atoms with Crippen LogP contribution < -0.4 is 24.3 Å². The molecule has 7 heteroatoms. The summed E-state index contributed by atoms with van der Waals surface area (Å²) in [5, 5.41) is 3.92. The van der Waals surface area contributed by atoms with Crippen LogP contribution in [0.15, 0.2) is 66.7 Å². The Morgan fingerprint density at radius 3 is 1.88 bits per heavy atom. The van der Waals surface area contributed by atoms with Crippen molar-refractivity contribution in [3.05, 3.63) is 77.9 Å². The van der Waals surface area contributed by atoms with E-state index in [1.807, 2.05) is 54.6 Å². The molecule has 0 atom stereocenters. The van der Waals surface area contributed by atoms with Crippen molar-refractivity contribution in [1.82, 2.24) is 4.90 Å². The van der Waals surface area contributed by atoms with Crippen LogP contribution in [-0.4, -0.2) is 38.5 Å². The number of anilines is 1. The summed E-state index contributed by atoms with van der Waals surface area (Å²) in [6, 6.07) is 21.7. The van der Waals surface area contributed by atoms with E-state index in [1.165, 1.54) is 0 Å². The third-order valence-corrected chi connectivity index (χ3v) is 5.32. The van der Waals surface area contributed by atoms with Gasteiger partial charge >= 0.3 is 0 Å². The summed E-state index contributed by atoms with van der Waals surface area (Å²) < 4.78 is 21.6. The van der Waals surface area contributed by atoms with Crippen molar-refractivity contribution in [1.29, 1.82) is 0 Å². The van der Waals surface area contributed by atoms with Crippen LogP contribution in [0.3, 0.4) is 0 Å². The van der Waals surface area contributed by atoms with Gasteiger partial charge in [-0.3, -0.25) is 0 Å². The average molecular weight is 453 g/mol. The fourth-order valence-electron chi connectivity index (χ4n) is 3.32. The fourth-order valence-corrected chi connectivity index (χ4v) is 3.57. The Kier molecular flexibility index (Phi) is 8.16. The fraction of sp³-hybridized carbons (Fsp3) is 0.240. The van der Waals surface area contributed by atoms with Crippen LogP contribution in [0.25, 0.3) is 0 Å². The summed E-state index contributed by atoms with van der Waals surface area (Å²) >= 11 is 5.79. The predicted molar refractivity (Wildman–Crippen MR) is 131 cm³/mol. The van der Waals surface area contributed by atoms with Gasteiger partial charge in [0.1, 0.15) is 0 Å². The van der Waals surface area contributed by atoms with Crippen molar-refractivity contribution >= 4 is 23.0 Å². The number of thiocarbonyl (C=S) groups is 1. The van der Waals surface area contributed by atoms with Crippen LogP contribution in [-0.2, 0) is 13.1 Å². The Balaban J connectivity index is 1.84. The molecule has 6 nitrogen and oxygen atoms in total. The number of nitrogens with zero attached hydrogens (tertiary/aromatic N) is 1. The summed E-state index contributed by atoms with van der Waals surface area (Å²) in [7, 11) is 6.48. The topological polar surface area (TPSA) is 52.2 Å². The van der Waals surface area contributed by atoms with Crippen molar-refractivity contribution < 1.29 is 18.9 Å². The van der Waals surface area contributed by atoms with Gasteiger partial charge in [0.2, 0.25) is 0 Å². The van der Waals surface area contributed by atoms with Crippen LogP contribution in [0.2, 0.25) is 0 Å². The van der Waals surface area contributed by atoms with Crippen LogP contribution >= 0.6 is 12.2 Å². The van der Waals surface area contributed by atoms with Crippen LogP contribution in [0.5, 0.6) is 23.0 Å². The van der Waals surface area contributed by atoms with Crippen molar-refractivity contribution in [3.8, 4) is 23.0 Å². The standard InChI is InChI=1S/C25H28N2O4S/c1-28-21-12-10-19(14-23(21)30-3)17-27(16-18-8-6-5-7-9-18)25(32)26-20-11-13-22(29-2)24(15-20)31-4/h5-15H,16-17H2,1-4H3,(H,26,32). The maximum absolute atomic E-state index is 5.79. The Labute approximate surface area is 194 Å². The Bertz CT molecular complexity index is 1040. The molecule has 0 bridgehead atoms. The molecule has 0 spiro atoms. The number of ether oxygens (including phenoxy) is 4. The Morgan fingerprint density at radius 1 is 0.688 bits per heavy atom. The number of hydrogen-bond donors (Lipinski definition) is 1. The van der Waals surface area contributed by atoms with Crippen molar-refractivity contribution in [2.24, 2.45) is 0 Å². The highest BCUT2D eigenvalue weighted by atomic mass is 32.1. The SMILES string of the molecule is COc1ccc(CN(Cc2ccccc2)C(=S)Nc2ccc(OC)c(OC)c2)cc1OC. The molecule has 0 saturated heterocycles. The molecule has 32 heavy (non-hydrogen) atoms. The molecule has 0 aromatic heterocycles. The molecule has 1 N–H and O–H groups in total. The highest BCUT2D eigenvalue weighted by molar-refractivity contribution is 7.80. The first-order valence-electron chi connectivity index (χ1n) is 10.1. The predicted octanol–water partition coefficient (Wildman–Crippen LogP) is 5.12. The molecule has 0 aliphatic carbocycles. The lowest BCUT2D eigenvalue weighted by molar-refractivity contribution is 0.352. The first-order valence-corrected chi connectivity index (χ1v) is 10.5. The van der Waals surface area contributed by atoms with Gasteiger partial charge in [-0.05, 0) is 47.6 Å². The maximum atomic E-state index is 5.79. The van der Waals surface area contributed by atoms with E-state index in [1.54, 1.807) is 28.4 Å². The Morgan fingerprint density at radius 2 is 1.25 bits per heavy atom. The summed E-state index contributed by atoms with van der Waals surface area (Å²) in [4.78, 5) is 2.10. The monoisotopic (exact) mass is 452 g/mol. The number of hydrogen-bond acceptors (Lipinski definition) is 5. The minimum absolute atomic E-state index is 0.592. The summed E-state index contributed by atoms with van der Waals surface area (Å²) in [6.07, 6.45) is 0. The summed E-state index contributed by atoms with van der Waals surface area (Å²) in [5.74, 6) is 2.67. The smallest absolute Gasteiger partial charge is 0.174 e. The molecular formula is C25H28N2O4S. The number of nitrogens with one attached hydrogen (secondary N) is 1. The van der Waals surface area contributed by atoms with Gasteiger partial charge in [-0.25, -0.2) is 0 Å². The normalized spacial score (nSPS) is 10.2. The molecule has 0 aliphatic rings. The van der Waals surface area contributed by atoms with Gasteiger partial charge in [0.15, 0.2) is 28.1 Å². The second-order valence-electron chi connectivity index (χ2n) is 7.03. The molecule has 0 unspecified atom stereocenters. The third kappa shape index (κ3) is 5.82. The van der Waals surface area contributed by atoms with E-state index in [0.29, 0.717) is 41.2 Å². The maximum Gasteiger partial charge on any atom is 0.174 e. The van der Waals surface area contributed by atoms with Gasteiger partial charge in [-0.15, -0.1) is 0 Å². The molecule has 168 valence electrons. The molecule has 3 rings (SSSR count). The van der Waals surface area contributed by atoms with E-state index in [4.69, 9.17) is 31.2 Å². The summed E-state index contributed by atoms with van der Waals surface area (Å²) in [6.45, 7) is 1.24. The zero-order valence-electron chi connectivity index (χ0n) is 18.8. The van der Waals surface area contributed by atoms with Gasteiger partial charge in [0.05, 0.1) is 28.4 Å². The highest BCUT2D eigenvalue weighted by Crippen LogP contribution is 2.31. The molecule has 0 amide bonds. The molecule has 0 aliphatic heterocycles. The molecule has 0 radical (unpaired) electrons. The third-order valence-electron chi connectivity index (χ3n) is 4.96. The lowest BCUT2D eigenvalue weighted by Crippen LogP contribution is -2.33.